The second-order valence-electron chi connectivity index (χ2n) is 8.40. The summed E-state index contributed by atoms with van der Waals surface area (Å²) in [5.74, 6) is 0.365. The molecule has 2 saturated heterocycles. The van der Waals surface area contributed by atoms with Gasteiger partial charge in [-0.3, -0.25) is 19.4 Å². The van der Waals surface area contributed by atoms with Crippen LogP contribution in [0, 0.1) is 0 Å². The van der Waals surface area contributed by atoms with E-state index in [1.165, 1.54) is 0 Å². The number of hydrogen-bond donors (Lipinski definition) is 3. The molecule has 2 fully saturated rings. The number of amides is 2. The van der Waals surface area contributed by atoms with E-state index in [0.717, 1.165) is 23.4 Å². The Morgan fingerprint density at radius 3 is 2.84 bits per heavy atom. The van der Waals surface area contributed by atoms with E-state index in [2.05, 4.69) is 27.5 Å². The van der Waals surface area contributed by atoms with Crippen molar-refractivity contribution in [3.8, 4) is 5.75 Å². The molecule has 0 saturated carbocycles. The number of nitrogens with zero attached hydrogens (tertiary/aromatic N) is 2. The molecule has 8 heteroatoms. The largest absolute Gasteiger partial charge is 0.508 e. The molecule has 2 aliphatic rings. The summed E-state index contributed by atoms with van der Waals surface area (Å²) in [6, 6.07) is 11.2. The molecule has 3 atom stereocenters. The molecule has 3 N–H and O–H groups in total. The lowest BCUT2D eigenvalue weighted by atomic mass is 10.0. The first-order chi connectivity index (χ1) is 15.0. The number of phenolic OH excluding ortho intramolecular Hbond substituents is 1. The Kier molecular flexibility index (Phi) is 6.89. The van der Waals surface area contributed by atoms with Gasteiger partial charge in [-0.15, -0.1) is 11.3 Å². The van der Waals surface area contributed by atoms with Gasteiger partial charge in [0.1, 0.15) is 11.8 Å². The molecule has 3 heterocycles. The maximum atomic E-state index is 12.9. The van der Waals surface area contributed by atoms with Crippen LogP contribution in [-0.4, -0.2) is 65.0 Å². The van der Waals surface area contributed by atoms with Crippen molar-refractivity contribution < 1.29 is 14.7 Å². The van der Waals surface area contributed by atoms with Gasteiger partial charge in [-0.2, -0.15) is 0 Å². The number of carbonyl (C=O) groups excluding carboxylic acids is 2. The van der Waals surface area contributed by atoms with E-state index in [4.69, 9.17) is 0 Å². The Morgan fingerprint density at radius 2 is 2.10 bits per heavy atom. The number of likely N-dealkylation sites (tertiary alicyclic amines) is 1. The zero-order chi connectivity index (χ0) is 21.8. The average Bonchev–Trinajstić information content (AvgIpc) is 3.41. The summed E-state index contributed by atoms with van der Waals surface area (Å²) < 4.78 is 0. The topological polar surface area (TPSA) is 84.9 Å². The molecular weight excluding hydrogens is 412 g/mol. The van der Waals surface area contributed by atoms with Crippen LogP contribution >= 0.6 is 11.3 Å². The second kappa shape index (κ2) is 9.80. The van der Waals surface area contributed by atoms with Gasteiger partial charge in [-0.1, -0.05) is 18.2 Å². The third kappa shape index (κ3) is 5.26. The van der Waals surface area contributed by atoms with Gasteiger partial charge in [0.25, 0.3) is 0 Å². The number of aromatic hydroxyl groups is 1. The summed E-state index contributed by atoms with van der Waals surface area (Å²) in [6.45, 7) is 2.67. The van der Waals surface area contributed by atoms with Gasteiger partial charge in [0.05, 0.1) is 6.54 Å². The predicted molar refractivity (Wildman–Crippen MR) is 121 cm³/mol. The fourth-order valence-electron chi connectivity index (χ4n) is 4.65. The molecule has 2 aromatic rings. The summed E-state index contributed by atoms with van der Waals surface area (Å²) in [5, 5.41) is 17.6. The number of rotatable bonds is 7. The molecule has 4 rings (SSSR count). The van der Waals surface area contributed by atoms with Gasteiger partial charge < -0.3 is 15.7 Å². The number of carbonyl (C=O) groups is 2. The van der Waals surface area contributed by atoms with Crippen LogP contribution in [0.1, 0.15) is 29.7 Å². The number of thiophene rings is 1. The molecule has 3 unspecified atom stereocenters. The lowest BCUT2D eigenvalue weighted by molar-refractivity contribution is -0.126. The quantitative estimate of drug-likeness (QED) is 0.610. The average molecular weight is 443 g/mol. The Hall–Kier alpha value is -2.42. The molecule has 2 aliphatic heterocycles. The van der Waals surface area contributed by atoms with Gasteiger partial charge in [0, 0.05) is 43.0 Å². The van der Waals surface area contributed by atoms with Gasteiger partial charge in [-0.25, -0.2) is 0 Å². The predicted octanol–water partition coefficient (Wildman–Crippen LogP) is 1.92. The standard InChI is InChI=1S/C23H30N4O3S/c1-26-17(6-9-21(29)24-14-19-3-2-12-31-19)13-25-23(30)22-20(26)10-11-27(22)15-16-4-7-18(28)8-5-16/h2-5,7-8,12,17,20,22,28H,6,9-11,13-15H2,1H3,(H,24,29)(H,25,30). The van der Waals surface area contributed by atoms with Crippen molar-refractivity contribution in [2.45, 2.75) is 50.5 Å². The highest BCUT2D eigenvalue weighted by Crippen LogP contribution is 2.28. The number of likely N-dealkylation sites (N-methyl/N-ethyl adjacent to an activating group) is 1. The molecule has 2 amide bonds. The molecule has 0 radical (unpaired) electrons. The molecule has 7 nitrogen and oxygen atoms in total. The second-order valence-corrected chi connectivity index (χ2v) is 9.43. The first-order valence-corrected chi connectivity index (χ1v) is 11.7. The van der Waals surface area contributed by atoms with Crippen LogP contribution in [0.15, 0.2) is 41.8 Å². The first kappa shape index (κ1) is 21.8. The molecule has 0 bridgehead atoms. The normalized spacial score (nSPS) is 24.4. The summed E-state index contributed by atoms with van der Waals surface area (Å²) in [4.78, 5) is 30.9. The number of hydrogen-bond acceptors (Lipinski definition) is 6. The monoisotopic (exact) mass is 442 g/mol. The van der Waals surface area contributed by atoms with E-state index in [1.807, 2.05) is 29.6 Å². The number of fused-ring (bicyclic) bond motifs is 1. The van der Waals surface area contributed by atoms with Gasteiger partial charge in [-0.05, 0) is 49.0 Å². The lowest BCUT2D eigenvalue weighted by Gasteiger charge is -2.33. The minimum atomic E-state index is -0.198. The summed E-state index contributed by atoms with van der Waals surface area (Å²) in [6.07, 6.45) is 2.09. The van der Waals surface area contributed by atoms with Gasteiger partial charge >= 0.3 is 0 Å². The van der Waals surface area contributed by atoms with Crippen molar-refractivity contribution in [2.75, 3.05) is 20.1 Å². The highest BCUT2D eigenvalue weighted by Gasteiger charge is 2.44. The summed E-state index contributed by atoms with van der Waals surface area (Å²) in [7, 11) is 2.08. The van der Waals surface area contributed by atoms with Gasteiger partial charge in [0.2, 0.25) is 11.8 Å². The van der Waals surface area contributed by atoms with Crippen LogP contribution in [0.3, 0.4) is 0 Å². The van der Waals surface area contributed by atoms with E-state index < -0.39 is 0 Å². The maximum absolute atomic E-state index is 12.9. The number of phenols is 1. The van der Waals surface area contributed by atoms with Crippen molar-refractivity contribution in [3.63, 3.8) is 0 Å². The van der Waals surface area contributed by atoms with Crippen LogP contribution in [0.25, 0.3) is 0 Å². The fourth-order valence-corrected chi connectivity index (χ4v) is 5.29. The molecule has 1 aromatic heterocycles. The Labute approximate surface area is 187 Å². The van der Waals surface area contributed by atoms with E-state index in [-0.39, 0.29) is 35.7 Å². The smallest absolute Gasteiger partial charge is 0.239 e. The van der Waals surface area contributed by atoms with E-state index in [1.54, 1.807) is 23.5 Å². The number of benzene rings is 1. The molecule has 1 aromatic carbocycles. The van der Waals surface area contributed by atoms with Crippen LogP contribution in [0.2, 0.25) is 0 Å². The van der Waals surface area contributed by atoms with Crippen molar-refractivity contribution in [1.29, 1.82) is 0 Å². The molecular formula is C23H30N4O3S. The zero-order valence-electron chi connectivity index (χ0n) is 17.8. The van der Waals surface area contributed by atoms with Crippen molar-refractivity contribution in [3.05, 3.63) is 52.2 Å². The van der Waals surface area contributed by atoms with Crippen LogP contribution in [0.5, 0.6) is 5.75 Å². The van der Waals surface area contributed by atoms with E-state index in [9.17, 15) is 14.7 Å². The Balaban J connectivity index is 1.33. The third-order valence-corrected chi connectivity index (χ3v) is 7.29. The minimum absolute atomic E-state index is 0.0503. The molecule has 0 aliphatic carbocycles. The van der Waals surface area contributed by atoms with Crippen molar-refractivity contribution >= 4 is 23.2 Å². The third-order valence-electron chi connectivity index (χ3n) is 6.42. The summed E-state index contributed by atoms with van der Waals surface area (Å²) in [5.41, 5.74) is 1.08. The lowest BCUT2D eigenvalue weighted by Crippen LogP contribution is -2.49. The fraction of sp³-hybridized carbons (Fsp3) is 0.478. The summed E-state index contributed by atoms with van der Waals surface area (Å²) >= 11 is 1.64. The Bertz CT molecular complexity index is 887. The highest BCUT2D eigenvalue weighted by atomic mass is 32.1. The molecule has 0 spiro atoms. The van der Waals surface area contributed by atoms with E-state index >= 15 is 0 Å². The highest BCUT2D eigenvalue weighted by molar-refractivity contribution is 7.09. The Morgan fingerprint density at radius 1 is 1.29 bits per heavy atom. The van der Waals surface area contributed by atoms with Crippen molar-refractivity contribution in [1.82, 2.24) is 20.4 Å². The minimum Gasteiger partial charge on any atom is -0.508 e. The maximum Gasteiger partial charge on any atom is 0.239 e. The van der Waals surface area contributed by atoms with E-state index in [0.29, 0.717) is 32.5 Å². The number of nitrogens with one attached hydrogen (secondary N) is 2. The molecule has 31 heavy (non-hydrogen) atoms. The van der Waals surface area contributed by atoms with Gasteiger partial charge in [0.15, 0.2) is 0 Å². The van der Waals surface area contributed by atoms with Crippen LogP contribution < -0.4 is 10.6 Å². The zero-order valence-corrected chi connectivity index (χ0v) is 18.6. The van der Waals surface area contributed by atoms with Crippen LogP contribution in [0.4, 0.5) is 0 Å². The first-order valence-electron chi connectivity index (χ1n) is 10.8. The SMILES string of the molecule is CN1C(CCC(=O)NCc2cccs2)CNC(=O)C2C1CCN2Cc1ccc(O)cc1. The van der Waals surface area contributed by atoms with Crippen molar-refractivity contribution in [2.24, 2.45) is 0 Å². The van der Waals surface area contributed by atoms with Crippen LogP contribution in [-0.2, 0) is 22.7 Å². The molecule has 166 valence electrons.